The Bertz CT molecular complexity index is 800. The molecule has 0 aromatic heterocycles. The summed E-state index contributed by atoms with van der Waals surface area (Å²) in [4.78, 5) is 0. The summed E-state index contributed by atoms with van der Waals surface area (Å²) >= 11 is -3.22. The summed E-state index contributed by atoms with van der Waals surface area (Å²) < 4.78 is 5.47. The molecule has 0 bridgehead atoms. The number of hydrogen-bond donors (Lipinski definition) is 1. The van der Waals surface area contributed by atoms with Gasteiger partial charge in [0.15, 0.2) is 0 Å². The van der Waals surface area contributed by atoms with Gasteiger partial charge in [0.1, 0.15) is 0 Å². The van der Waals surface area contributed by atoms with E-state index in [1.54, 1.807) is 0 Å². The second kappa shape index (κ2) is 8.67. The quantitative estimate of drug-likeness (QED) is 0.422. The topological polar surface area (TPSA) is 20.2 Å². The molecular formula is C26H28OSn. The number of hydrogen-bond acceptors (Lipinski definition) is 1. The van der Waals surface area contributed by atoms with Crippen molar-refractivity contribution in [1.29, 1.82) is 0 Å². The van der Waals surface area contributed by atoms with Gasteiger partial charge in [-0.25, -0.2) is 0 Å². The molecule has 1 fully saturated rings. The fraction of sp³-hybridized carbons (Fsp3) is 0.231. The van der Waals surface area contributed by atoms with E-state index >= 15 is 0 Å². The SMILES string of the molecule is OC1(/C=C/[CH2][Sn]([c]2ccccc2)([c]2ccccc2)[c]2ccccc2)CCCC1. The third kappa shape index (κ3) is 3.97. The van der Waals surface area contributed by atoms with Crippen molar-refractivity contribution in [2.75, 3.05) is 0 Å². The normalized spacial score (nSPS) is 16.5. The average molecular weight is 475 g/mol. The molecule has 0 spiro atoms. The van der Waals surface area contributed by atoms with Crippen molar-refractivity contribution in [3.8, 4) is 0 Å². The first kappa shape index (κ1) is 19.5. The van der Waals surface area contributed by atoms with Crippen molar-refractivity contribution in [3.05, 3.63) is 103 Å². The van der Waals surface area contributed by atoms with Crippen molar-refractivity contribution in [3.63, 3.8) is 0 Å². The molecule has 1 nitrogen and oxygen atoms in total. The van der Waals surface area contributed by atoms with Gasteiger partial charge in [-0.15, -0.1) is 0 Å². The molecule has 0 heterocycles. The van der Waals surface area contributed by atoms with Gasteiger partial charge in [-0.05, 0) is 0 Å². The first-order valence-electron chi connectivity index (χ1n) is 10.3. The Labute approximate surface area is 172 Å². The standard InChI is InChI=1S/C8H13O.3C6H5.Sn/c1-2-5-8(9)6-3-4-7-8;3*1-2-4-6-5-3-1;/h2,5,9H,1,3-4,6-7H2;3*1-5H;/b5-2+;;;;. The summed E-state index contributed by atoms with van der Waals surface area (Å²) in [7, 11) is 0. The second-order valence-electron chi connectivity index (χ2n) is 7.92. The summed E-state index contributed by atoms with van der Waals surface area (Å²) in [5.41, 5.74) is -0.596. The van der Waals surface area contributed by atoms with E-state index in [1.807, 2.05) is 0 Å². The van der Waals surface area contributed by atoms with Crippen LogP contribution in [0.25, 0.3) is 0 Å². The maximum absolute atomic E-state index is 10.8. The fourth-order valence-electron chi connectivity index (χ4n) is 4.63. The van der Waals surface area contributed by atoms with Crippen molar-refractivity contribution in [2.45, 2.75) is 35.7 Å². The van der Waals surface area contributed by atoms with E-state index < -0.39 is 24.0 Å². The van der Waals surface area contributed by atoms with Crippen molar-refractivity contribution < 1.29 is 5.11 Å². The van der Waals surface area contributed by atoms with Gasteiger partial charge >= 0.3 is 173 Å². The zero-order valence-corrected chi connectivity index (χ0v) is 19.2. The van der Waals surface area contributed by atoms with E-state index in [1.165, 1.54) is 10.7 Å². The molecule has 4 rings (SSSR count). The van der Waals surface area contributed by atoms with Crippen LogP contribution in [0.5, 0.6) is 0 Å². The summed E-state index contributed by atoms with van der Waals surface area (Å²) in [6.07, 6.45) is 8.47. The third-order valence-electron chi connectivity index (χ3n) is 6.12. The predicted octanol–water partition coefficient (Wildman–Crippen LogP) is 4.02. The van der Waals surface area contributed by atoms with Crippen LogP contribution < -0.4 is 10.7 Å². The summed E-state index contributed by atoms with van der Waals surface area (Å²) in [5.74, 6) is 0. The first-order chi connectivity index (χ1) is 13.7. The molecule has 0 aliphatic heterocycles. The Hall–Kier alpha value is -1.84. The summed E-state index contributed by atoms with van der Waals surface area (Å²) in [5, 5.41) is 10.8. The molecule has 142 valence electrons. The van der Waals surface area contributed by atoms with Gasteiger partial charge in [0.25, 0.3) is 0 Å². The minimum absolute atomic E-state index is 0.596. The van der Waals surface area contributed by atoms with Gasteiger partial charge in [0.2, 0.25) is 0 Å². The van der Waals surface area contributed by atoms with Crippen LogP contribution in [0.1, 0.15) is 25.7 Å². The molecule has 1 saturated carbocycles. The number of aliphatic hydroxyl groups is 1. The van der Waals surface area contributed by atoms with Gasteiger partial charge in [-0.1, -0.05) is 0 Å². The Morgan fingerprint density at radius 3 is 1.46 bits per heavy atom. The molecule has 1 aliphatic rings. The molecule has 1 aliphatic carbocycles. The summed E-state index contributed by atoms with van der Waals surface area (Å²) in [6, 6.07) is 33.2. The van der Waals surface area contributed by atoms with Crippen LogP contribution in [0.15, 0.2) is 103 Å². The molecule has 2 heteroatoms. The molecule has 3 aromatic carbocycles. The fourth-order valence-corrected chi connectivity index (χ4v) is 17.4. The number of benzene rings is 3. The molecular weight excluding hydrogens is 447 g/mol. The van der Waals surface area contributed by atoms with Crippen LogP contribution in [0, 0.1) is 0 Å². The first-order valence-corrected chi connectivity index (χ1v) is 16.6. The van der Waals surface area contributed by atoms with E-state index in [0.717, 1.165) is 30.1 Å². The van der Waals surface area contributed by atoms with E-state index in [2.05, 4.69) is 103 Å². The van der Waals surface area contributed by atoms with Crippen molar-refractivity contribution in [2.24, 2.45) is 0 Å². The Morgan fingerprint density at radius 2 is 1.07 bits per heavy atom. The number of allylic oxidation sites excluding steroid dienone is 1. The predicted molar refractivity (Wildman–Crippen MR) is 121 cm³/mol. The van der Waals surface area contributed by atoms with Crippen LogP contribution in [-0.4, -0.2) is 29.1 Å². The molecule has 0 saturated heterocycles. The molecule has 28 heavy (non-hydrogen) atoms. The van der Waals surface area contributed by atoms with Crippen LogP contribution in [0.3, 0.4) is 0 Å². The Balaban J connectivity index is 1.84. The van der Waals surface area contributed by atoms with Crippen LogP contribution in [-0.2, 0) is 0 Å². The van der Waals surface area contributed by atoms with Crippen molar-refractivity contribution in [1.82, 2.24) is 0 Å². The average Bonchev–Trinajstić information content (AvgIpc) is 3.20. The van der Waals surface area contributed by atoms with Gasteiger partial charge in [0.05, 0.1) is 0 Å². The Kier molecular flexibility index (Phi) is 6.03. The van der Waals surface area contributed by atoms with Crippen LogP contribution >= 0.6 is 0 Å². The molecule has 1 N–H and O–H groups in total. The van der Waals surface area contributed by atoms with E-state index in [9.17, 15) is 5.11 Å². The van der Waals surface area contributed by atoms with Crippen LogP contribution in [0.4, 0.5) is 0 Å². The number of rotatable bonds is 6. The molecule has 0 atom stereocenters. The molecule has 0 radical (unpaired) electrons. The maximum atomic E-state index is 10.8. The van der Waals surface area contributed by atoms with E-state index in [4.69, 9.17) is 0 Å². The monoisotopic (exact) mass is 476 g/mol. The minimum atomic E-state index is -3.22. The molecule has 3 aromatic rings. The van der Waals surface area contributed by atoms with E-state index in [0.29, 0.717) is 0 Å². The summed E-state index contributed by atoms with van der Waals surface area (Å²) in [6.45, 7) is 0. The van der Waals surface area contributed by atoms with Crippen LogP contribution in [0.2, 0.25) is 4.44 Å². The third-order valence-corrected chi connectivity index (χ3v) is 19.8. The van der Waals surface area contributed by atoms with Gasteiger partial charge in [-0.2, -0.15) is 0 Å². The van der Waals surface area contributed by atoms with Gasteiger partial charge < -0.3 is 0 Å². The zero-order valence-electron chi connectivity index (χ0n) is 16.3. The zero-order chi connectivity index (χ0) is 19.3. The van der Waals surface area contributed by atoms with Gasteiger partial charge in [0, 0.05) is 0 Å². The Morgan fingerprint density at radius 1 is 0.679 bits per heavy atom. The van der Waals surface area contributed by atoms with Gasteiger partial charge in [-0.3, -0.25) is 0 Å². The molecule has 0 unspecified atom stereocenters. The second-order valence-corrected chi connectivity index (χ2v) is 19.2. The van der Waals surface area contributed by atoms with E-state index in [-0.39, 0.29) is 0 Å². The van der Waals surface area contributed by atoms with Crippen molar-refractivity contribution >= 4 is 29.1 Å². The molecule has 0 amide bonds.